The Bertz CT molecular complexity index is 698. The maximum absolute atomic E-state index is 13.3. The smallest absolute Gasteiger partial charge is 0.408 e. The first-order valence-corrected chi connectivity index (χ1v) is 8.68. The van der Waals surface area contributed by atoms with Crippen LogP contribution < -0.4 is 10.1 Å². The Morgan fingerprint density at radius 3 is 2.65 bits per heavy atom. The molecule has 1 aromatic carbocycles. The minimum atomic E-state index is -4.82. The van der Waals surface area contributed by atoms with Crippen molar-refractivity contribution in [3.05, 3.63) is 29.8 Å². The van der Waals surface area contributed by atoms with Gasteiger partial charge in [0.15, 0.2) is 0 Å². The van der Waals surface area contributed by atoms with Crippen molar-refractivity contribution in [1.29, 1.82) is 0 Å². The maximum atomic E-state index is 13.3. The Labute approximate surface area is 135 Å². The monoisotopic (exact) mass is 345 g/mol. The number of rotatable bonds is 3. The maximum Gasteiger partial charge on any atom is 0.408 e. The molecule has 0 spiro atoms. The summed E-state index contributed by atoms with van der Waals surface area (Å²) in [6.45, 7) is 4.87. The first-order chi connectivity index (χ1) is 10.5. The van der Waals surface area contributed by atoms with Crippen molar-refractivity contribution >= 4 is 16.3 Å². The molecule has 1 aliphatic rings. The van der Waals surface area contributed by atoms with Gasteiger partial charge in [-0.1, -0.05) is 18.2 Å². The van der Waals surface area contributed by atoms with Gasteiger partial charge in [-0.15, -0.1) is 3.89 Å². The molecule has 1 amide bonds. The van der Waals surface area contributed by atoms with Crippen LogP contribution in [0, 0.1) is 0 Å². The molecule has 23 heavy (non-hydrogen) atoms. The molecule has 8 heteroatoms. The van der Waals surface area contributed by atoms with Gasteiger partial charge in [-0.3, -0.25) is 0 Å². The van der Waals surface area contributed by atoms with Crippen molar-refractivity contribution in [1.82, 2.24) is 5.32 Å². The van der Waals surface area contributed by atoms with Gasteiger partial charge < -0.3 is 14.8 Å². The average molecular weight is 345 g/mol. The molecule has 0 bridgehead atoms. The predicted octanol–water partition coefficient (Wildman–Crippen LogP) is 2.18. The summed E-state index contributed by atoms with van der Waals surface area (Å²) >= 11 is 0. The van der Waals surface area contributed by atoms with Crippen LogP contribution in [0.15, 0.2) is 24.3 Å². The third kappa shape index (κ3) is 5.09. The summed E-state index contributed by atoms with van der Waals surface area (Å²) in [4.78, 5) is 12.0. The number of fused-ring (bicyclic) bond motifs is 1. The fourth-order valence-corrected chi connectivity index (χ4v) is 3.40. The van der Waals surface area contributed by atoms with Gasteiger partial charge in [0.05, 0.1) is 5.54 Å². The summed E-state index contributed by atoms with van der Waals surface area (Å²) < 4.78 is 46.3. The molecule has 1 N–H and O–H groups in total. The summed E-state index contributed by atoms with van der Waals surface area (Å²) in [5, 5.41) is 2.48. The summed E-state index contributed by atoms with van der Waals surface area (Å²) in [6.07, 6.45) is -0.685. The number of amides is 1. The molecule has 0 fully saturated rings. The Hall–Kier alpha value is -1.83. The van der Waals surface area contributed by atoms with E-state index >= 15 is 0 Å². The number of hydrogen-bond acceptors (Lipinski definition) is 5. The second-order valence-electron chi connectivity index (χ2n) is 6.66. The van der Waals surface area contributed by atoms with Crippen LogP contribution in [0.1, 0.15) is 26.3 Å². The molecule has 1 aromatic rings. The Morgan fingerprint density at radius 2 is 2.04 bits per heavy atom. The molecule has 0 radical (unpaired) electrons. The zero-order chi connectivity index (χ0) is 17.3. The van der Waals surface area contributed by atoms with E-state index in [0.717, 1.165) is 0 Å². The molecule has 2 rings (SSSR count). The van der Waals surface area contributed by atoms with E-state index in [1.54, 1.807) is 45.0 Å². The topological polar surface area (TPSA) is 81.7 Å². The van der Waals surface area contributed by atoms with E-state index in [4.69, 9.17) is 9.47 Å². The number of nitrogens with one attached hydrogen (secondary N) is 1. The van der Waals surface area contributed by atoms with E-state index in [2.05, 4.69) is 5.32 Å². The Morgan fingerprint density at radius 1 is 1.39 bits per heavy atom. The van der Waals surface area contributed by atoms with Gasteiger partial charge in [0.2, 0.25) is 0 Å². The van der Waals surface area contributed by atoms with Gasteiger partial charge in [0, 0.05) is 6.42 Å². The fraction of sp³-hybridized carbons (Fsp3) is 0.533. The zero-order valence-electron chi connectivity index (χ0n) is 13.3. The molecule has 1 unspecified atom stereocenters. The van der Waals surface area contributed by atoms with E-state index < -0.39 is 33.2 Å². The second kappa shape index (κ2) is 5.99. The van der Waals surface area contributed by atoms with E-state index in [1.807, 2.05) is 0 Å². The quantitative estimate of drug-likeness (QED) is 0.849. The molecular formula is C15H20FNO5S. The van der Waals surface area contributed by atoms with Crippen LogP contribution in [0.3, 0.4) is 0 Å². The van der Waals surface area contributed by atoms with Crippen LogP contribution >= 0.6 is 0 Å². The van der Waals surface area contributed by atoms with E-state index in [1.165, 1.54) is 0 Å². The number of ether oxygens (including phenoxy) is 2. The van der Waals surface area contributed by atoms with Crippen LogP contribution in [0.25, 0.3) is 0 Å². The number of para-hydroxylation sites is 1. The van der Waals surface area contributed by atoms with Gasteiger partial charge in [-0.25, -0.2) is 4.79 Å². The Kier molecular flexibility index (Phi) is 4.57. The standard InChI is InChI=1S/C15H20FNO5S/c1-14(2,3)22-13(18)17-15(10-23(16,19)20)8-11-6-4-5-7-12(11)21-9-15/h4-7H,8-10H2,1-3H3,(H,17,18). The second-order valence-corrected chi connectivity index (χ2v) is 8.03. The molecule has 128 valence electrons. The predicted molar refractivity (Wildman–Crippen MR) is 82.6 cm³/mol. The van der Waals surface area contributed by atoms with Crippen LogP contribution in [-0.2, 0) is 21.4 Å². The van der Waals surface area contributed by atoms with E-state index in [0.29, 0.717) is 11.3 Å². The zero-order valence-corrected chi connectivity index (χ0v) is 14.1. The minimum Gasteiger partial charge on any atom is -0.491 e. The largest absolute Gasteiger partial charge is 0.491 e. The first kappa shape index (κ1) is 17.5. The highest BCUT2D eigenvalue weighted by Crippen LogP contribution is 2.30. The lowest BCUT2D eigenvalue weighted by Gasteiger charge is -2.37. The fourth-order valence-electron chi connectivity index (χ4n) is 2.48. The van der Waals surface area contributed by atoms with Crippen molar-refractivity contribution in [3.63, 3.8) is 0 Å². The lowest BCUT2D eigenvalue weighted by atomic mass is 9.90. The average Bonchev–Trinajstić information content (AvgIpc) is 2.33. The summed E-state index contributed by atoms with van der Waals surface area (Å²) in [7, 11) is -4.82. The van der Waals surface area contributed by atoms with E-state index in [-0.39, 0.29) is 13.0 Å². The normalized spacial score (nSPS) is 21.0. The lowest BCUT2D eigenvalue weighted by Crippen LogP contribution is -2.60. The lowest BCUT2D eigenvalue weighted by molar-refractivity contribution is 0.0415. The highest BCUT2D eigenvalue weighted by Gasteiger charge is 2.42. The van der Waals surface area contributed by atoms with Crippen molar-refractivity contribution in [2.24, 2.45) is 0 Å². The summed E-state index contributed by atoms with van der Waals surface area (Å²) in [5.41, 5.74) is -1.48. The molecule has 6 nitrogen and oxygen atoms in total. The van der Waals surface area contributed by atoms with Crippen molar-refractivity contribution in [3.8, 4) is 5.75 Å². The highest BCUT2D eigenvalue weighted by atomic mass is 32.3. The van der Waals surface area contributed by atoms with Crippen LogP contribution in [0.4, 0.5) is 8.68 Å². The molecule has 0 aromatic heterocycles. The van der Waals surface area contributed by atoms with Gasteiger partial charge in [-0.05, 0) is 32.4 Å². The molecular weight excluding hydrogens is 325 g/mol. The van der Waals surface area contributed by atoms with Gasteiger partial charge in [0.1, 0.15) is 23.7 Å². The number of benzene rings is 1. The highest BCUT2D eigenvalue weighted by molar-refractivity contribution is 7.86. The molecule has 1 atom stereocenters. The molecule has 0 saturated carbocycles. The van der Waals surface area contributed by atoms with Crippen molar-refractivity contribution in [2.75, 3.05) is 12.4 Å². The van der Waals surface area contributed by atoms with Gasteiger partial charge in [0.25, 0.3) is 0 Å². The van der Waals surface area contributed by atoms with Crippen molar-refractivity contribution < 1.29 is 26.6 Å². The van der Waals surface area contributed by atoms with Gasteiger partial charge in [-0.2, -0.15) is 8.42 Å². The number of carbonyl (C=O) groups excluding carboxylic acids is 1. The molecule has 0 aliphatic carbocycles. The molecule has 1 heterocycles. The summed E-state index contributed by atoms with van der Waals surface area (Å²) in [5.74, 6) is -0.293. The van der Waals surface area contributed by atoms with Crippen LogP contribution in [0.5, 0.6) is 5.75 Å². The number of hydrogen-bond donors (Lipinski definition) is 1. The SMILES string of the molecule is CC(C)(C)OC(=O)NC1(CS(=O)(=O)F)COc2ccccc2C1. The third-order valence-corrected chi connectivity index (χ3v) is 4.12. The summed E-state index contributed by atoms with van der Waals surface area (Å²) in [6, 6.07) is 7.01. The van der Waals surface area contributed by atoms with Gasteiger partial charge >= 0.3 is 16.3 Å². The van der Waals surface area contributed by atoms with Crippen LogP contribution in [0.2, 0.25) is 0 Å². The first-order valence-electron chi connectivity index (χ1n) is 7.12. The third-order valence-electron chi connectivity index (χ3n) is 3.22. The number of alkyl carbamates (subject to hydrolysis) is 1. The molecule has 1 aliphatic heterocycles. The number of halogens is 1. The van der Waals surface area contributed by atoms with E-state index in [9.17, 15) is 17.1 Å². The minimum absolute atomic E-state index is 0.131. The molecule has 0 saturated heterocycles. The number of carbonyl (C=O) groups is 1. The van der Waals surface area contributed by atoms with Crippen LogP contribution in [-0.4, -0.2) is 38.0 Å². The van der Waals surface area contributed by atoms with Crippen molar-refractivity contribution in [2.45, 2.75) is 38.3 Å². The Balaban J connectivity index is 2.26.